The van der Waals surface area contributed by atoms with E-state index in [2.05, 4.69) is 14.8 Å². The van der Waals surface area contributed by atoms with Gasteiger partial charge in [-0.25, -0.2) is 17.8 Å². The van der Waals surface area contributed by atoms with E-state index in [1.54, 1.807) is 23.7 Å². The standard InChI is InChI=1S/C17H16N4O3S/c1-12-18-17(19-21(12)14-5-3-2-4-6-14)20-25(22,23)15-8-7-13-9-10-24-16(13)11-15/h2-8,11H,9-10H2,1H3,(H,19,20). The Hall–Kier alpha value is -2.87. The van der Waals surface area contributed by atoms with Gasteiger partial charge in [0.2, 0.25) is 0 Å². The normalized spacial score (nSPS) is 13.3. The predicted molar refractivity (Wildman–Crippen MR) is 92.5 cm³/mol. The number of benzene rings is 2. The van der Waals surface area contributed by atoms with Crippen LogP contribution in [-0.4, -0.2) is 29.8 Å². The fraction of sp³-hybridized carbons (Fsp3) is 0.176. The summed E-state index contributed by atoms with van der Waals surface area (Å²) in [5.41, 5.74) is 1.82. The van der Waals surface area contributed by atoms with Crippen LogP contribution in [0, 0.1) is 6.92 Å². The van der Waals surface area contributed by atoms with Gasteiger partial charge in [0.25, 0.3) is 16.0 Å². The molecule has 1 aliphatic heterocycles. The van der Waals surface area contributed by atoms with Crippen LogP contribution in [0.3, 0.4) is 0 Å². The van der Waals surface area contributed by atoms with E-state index < -0.39 is 10.0 Å². The maximum atomic E-state index is 12.6. The summed E-state index contributed by atoms with van der Waals surface area (Å²) in [7, 11) is -3.79. The van der Waals surface area contributed by atoms with Crippen molar-refractivity contribution in [1.29, 1.82) is 0 Å². The Morgan fingerprint density at radius 2 is 1.96 bits per heavy atom. The van der Waals surface area contributed by atoms with Gasteiger partial charge in [0, 0.05) is 12.5 Å². The van der Waals surface area contributed by atoms with Crippen molar-refractivity contribution in [3.8, 4) is 11.4 Å². The third kappa shape index (κ3) is 2.96. The van der Waals surface area contributed by atoms with E-state index in [1.165, 1.54) is 6.07 Å². The average molecular weight is 356 g/mol. The lowest BCUT2D eigenvalue weighted by Gasteiger charge is -2.06. The van der Waals surface area contributed by atoms with E-state index in [-0.39, 0.29) is 10.8 Å². The molecule has 1 aliphatic rings. The minimum Gasteiger partial charge on any atom is -0.493 e. The van der Waals surface area contributed by atoms with E-state index >= 15 is 0 Å². The second kappa shape index (κ2) is 5.89. The lowest BCUT2D eigenvalue weighted by Crippen LogP contribution is -2.14. The molecule has 0 radical (unpaired) electrons. The van der Waals surface area contributed by atoms with Crippen molar-refractivity contribution in [1.82, 2.24) is 14.8 Å². The first-order chi connectivity index (χ1) is 12.0. The van der Waals surface area contributed by atoms with Crippen LogP contribution >= 0.6 is 0 Å². The van der Waals surface area contributed by atoms with Gasteiger partial charge in [0.05, 0.1) is 17.2 Å². The molecule has 128 valence electrons. The maximum absolute atomic E-state index is 12.6. The van der Waals surface area contributed by atoms with Crippen molar-refractivity contribution in [3.63, 3.8) is 0 Å². The molecule has 0 bridgehead atoms. The zero-order valence-corrected chi connectivity index (χ0v) is 14.3. The Morgan fingerprint density at radius 1 is 1.16 bits per heavy atom. The van der Waals surface area contributed by atoms with E-state index in [4.69, 9.17) is 4.74 Å². The molecule has 25 heavy (non-hydrogen) atoms. The topological polar surface area (TPSA) is 86.1 Å². The number of nitrogens with one attached hydrogen (secondary N) is 1. The summed E-state index contributed by atoms with van der Waals surface area (Å²) >= 11 is 0. The number of aryl methyl sites for hydroxylation is 1. The first-order valence-corrected chi connectivity index (χ1v) is 9.29. The summed E-state index contributed by atoms with van der Waals surface area (Å²) in [6.45, 7) is 2.34. The number of hydrogen-bond acceptors (Lipinski definition) is 5. The molecule has 2 aromatic carbocycles. The fourth-order valence-corrected chi connectivity index (χ4v) is 3.69. The number of sulfonamides is 1. The summed E-state index contributed by atoms with van der Waals surface area (Å²) in [6.07, 6.45) is 0.797. The van der Waals surface area contributed by atoms with Gasteiger partial charge in [0.15, 0.2) is 0 Å². The lowest BCUT2D eigenvalue weighted by molar-refractivity contribution is 0.356. The van der Waals surface area contributed by atoms with Crippen LogP contribution in [0.15, 0.2) is 53.4 Å². The second-order valence-corrected chi connectivity index (χ2v) is 7.39. The van der Waals surface area contributed by atoms with Crippen molar-refractivity contribution in [2.24, 2.45) is 0 Å². The van der Waals surface area contributed by atoms with Gasteiger partial charge in [-0.2, -0.15) is 4.98 Å². The summed E-state index contributed by atoms with van der Waals surface area (Å²) in [4.78, 5) is 4.33. The van der Waals surface area contributed by atoms with E-state index in [0.717, 1.165) is 17.7 Å². The smallest absolute Gasteiger partial charge is 0.264 e. The molecule has 0 aliphatic carbocycles. The van der Waals surface area contributed by atoms with Crippen LogP contribution in [0.25, 0.3) is 5.69 Å². The van der Waals surface area contributed by atoms with Crippen LogP contribution in [0.5, 0.6) is 5.75 Å². The van der Waals surface area contributed by atoms with Crippen molar-refractivity contribution in [2.75, 3.05) is 11.3 Å². The minimum atomic E-state index is -3.79. The highest BCUT2D eigenvalue weighted by atomic mass is 32.2. The molecule has 0 fully saturated rings. The summed E-state index contributed by atoms with van der Waals surface area (Å²) in [6, 6.07) is 14.3. The molecule has 1 aromatic heterocycles. The van der Waals surface area contributed by atoms with Crippen LogP contribution in [0.4, 0.5) is 5.95 Å². The first kappa shape index (κ1) is 15.6. The third-order valence-corrected chi connectivity index (χ3v) is 5.30. The van der Waals surface area contributed by atoms with Gasteiger partial charge in [0.1, 0.15) is 11.6 Å². The Balaban J connectivity index is 1.64. The number of fused-ring (bicyclic) bond motifs is 1. The molecule has 0 unspecified atom stereocenters. The molecule has 0 atom stereocenters. The van der Waals surface area contributed by atoms with Gasteiger partial charge in [-0.05, 0) is 30.7 Å². The zero-order valence-electron chi connectivity index (χ0n) is 13.5. The van der Waals surface area contributed by atoms with Crippen molar-refractivity contribution in [2.45, 2.75) is 18.2 Å². The SMILES string of the molecule is Cc1nc(NS(=O)(=O)c2ccc3c(c2)OCC3)nn1-c1ccccc1. The highest BCUT2D eigenvalue weighted by Gasteiger charge is 2.21. The predicted octanol–water partition coefficient (Wildman–Crippen LogP) is 2.31. The number of hydrogen-bond donors (Lipinski definition) is 1. The highest BCUT2D eigenvalue weighted by Crippen LogP contribution is 2.28. The Morgan fingerprint density at radius 3 is 2.76 bits per heavy atom. The molecular formula is C17H16N4O3S. The zero-order chi connectivity index (χ0) is 17.4. The fourth-order valence-electron chi connectivity index (χ4n) is 2.74. The lowest BCUT2D eigenvalue weighted by atomic mass is 10.2. The molecule has 2 heterocycles. The Bertz CT molecular complexity index is 1030. The third-order valence-electron chi connectivity index (χ3n) is 3.97. The molecule has 0 saturated heterocycles. The summed E-state index contributed by atoms with van der Waals surface area (Å²) in [5, 5.41) is 4.25. The molecule has 7 nitrogen and oxygen atoms in total. The summed E-state index contributed by atoms with van der Waals surface area (Å²) in [5.74, 6) is 1.23. The number of nitrogens with zero attached hydrogens (tertiary/aromatic N) is 3. The van der Waals surface area contributed by atoms with Crippen molar-refractivity contribution < 1.29 is 13.2 Å². The highest BCUT2D eigenvalue weighted by molar-refractivity contribution is 7.92. The van der Waals surface area contributed by atoms with Crippen LogP contribution in [0.1, 0.15) is 11.4 Å². The number of rotatable bonds is 4. The van der Waals surface area contributed by atoms with Crippen molar-refractivity contribution in [3.05, 3.63) is 59.9 Å². The Labute approximate surface area is 145 Å². The van der Waals surface area contributed by atoms with Crippen LogP contribution < -0.4 is 9.46 Å². The van der Waals surface area contributed by atoms with Gasteiger partial charge in [-0.1, -0.05) is 24.3 Å². The monoisotopic (exact) mass is 356 g/mol. The van der Waals surface area contributed by atoms with E-state index in [9.17, 15) is 8.42 Å². The van der Waals surface area contributed by atoms with E-state index in [0.29, 0.717) is 18.2 Å². The molecule has 8 heteroatoms. The van der Waals surface area contributed by atoms with Gasteiger partial charge >= 0.3 is 0 Å². The van der Waals surface area contributed by atoms with Crippen LogP contribution in [0.2, 0.25) is 0 Å². The average Bonchev–Trinajstić information content (AvgIpc) is 3.21. The molecule has 4 rings (SSSR count). The first-order valence-electron chi connectivity index (χ1n) is 7.80. The molecule has 0 saturated carbocycles. The second-order valence-electron chi connectivity index (χ2n) is 5.70. The van der Waals surface area contributed by atoms with Crippen molar-refractivity contribution >= 4 is 16.0 Å². The van der Waals surface area contributed by atoms with Gasteiger partial charge in [-0.15, -0.1) is 5.10 Å². The molecule has 1 N–H and O–H groups in total. The molecule has 3 aromatic rings. The number of anilines is 1. The molecule has 0 spiro atoms. The van der Waals surface area contributed by atoms with Crippen LogP contribution in [-0.2, 0) is 16.4 Å². The number of ether oxygens (including phenoxy) is 1. The molecule has 0 amide bonds. The largest absolute Gasteiger partial charge is 0.493 e. The van der Waals surface area contributed by atoms with Gasteiger partial charge < -0.3 is 4.74 Å². The Kier molecular flexibility index (Phi) is 3.69. The maximum Gasteiger partial charge on any atom is 0.264 e. The van der Waals surface area contributed by atoms with Gasteiger partial charge in [-0.3, -0.25) is 0 Å². The number of para-hydroxylation sites is 1. The molecular weight excluding hydrogens is 340 g/mol. The van der Waals surface area contributed by atoms with E-state index in [1.807, 2.05) is 30.3 Å². The number of aromatic nitrogens is 3. The minimum absolute atomic E-state index is 0.0303. The summed E-state index contributed by atoms with van der Waals surface area (Å²) < 4.78 is 34.7. The quantitative estimate of drug-likeness (QED) is 0.775.